The first kappa shape index (κ1) is 19.2. The molecule has 1 aliphatic heterocycles. The van der Waals surface area contributed by atoms with Crippen LogP contribution < -0.4 is 4.90 Å². The summed E-state index contributed by atoms with van der Waals surface area (Å²) in [5, 5.41) is 0. The lowest BCUT2D eigenvalue weighted by molar-refractivity contribution is -0.140. The van der Waals surface area contributed by atoms with Crippen molar-refractivity contribution in [1.82, 2.24) is 4.98 Å². The van der Waals surface area contributed by atoms with Crippen LogP contribution in [0.25, 0.3) is 0 Å². The molecule has 2 aromatic rings. The highest BCUT2D eigenvalue weighted by Crippen LogP contribution is 2.27. The molecule has 1 aromatic heterocycles. The first-order chi connectivity index (χ1) is 13.6. The van der Waals surface area contributed by atoms with Crippen molar-refractivity contribution in [2.24, 2.45) is 0 Å². The number of methoxy groups -OCH3 is 2. The van der Waals surface area contributed by atoms with Crippen LogP contribution in [0.2, 0.25) is 0 Å². The van der Waals surface area contributed by atoms with Crippen LogP contribution in [-0.2, 0) is 23.8 Å². The van der Waals surface area contributed by atoms with Gasteiger partial charge in [-0.25, -0.2) is 9.59 Å². The molecule has 0 atom stereocenters. The van der Waals surface area contributed by atoms with Gasteiger partial charge in [-0.05, 0) is 36.4 Å². The lowest BCUT2D eigenvalue weighted by atomic mass is 10.0. The maximum absolute atomic E-state index is 12.5. The molecule has 0 aliphatic carbocycles. The molecule has 0 unspecified atom stereocenters. The fourth-order valence-electron chi connectivity index (χ4n) is 2.81. The number of ether oxygens (including phenoxy) is 3. The van der Waals surface area contributed by atoms with Crippen molar-refractivity contribution in [3.63, 3.8) is 0 Å². The Hall–Kier alpha value is -3.52. The highest BCUT2D eigenvalue weighted by Gasteiger charge is 2.32. The molecule has 0 saturated carbocycles. The summed E-state index contributed by atoms with van der Waals surface area (Å²) in [6, 6.07) is 9.88. The number of hydrogen-bond donors (Lipinski definition) is 0. The highest BCUT2D eigenvalue weighted by molar-refractivity contribution is 6.09. The normalized spacial score (nSPS) is 13.9. The Morgan fingerprint density at radius 3 is 2.14 bits per heavy atom. The first-order valence-electron chi connectivity index (χ1n) is 8.36. The standard InChI is InChI=1S/C20H18N2O6/c1-26-19(24)16-11-28-12-22(17(16)20(25)27-2)15-5-3-13(4-6-15)18(23)14-7-9-21-10-8-14/h3-10H,11-12H2,1-2H3. The molecule has 1 aliphatic rings. The van der Waals surface area contributed by atoms with Gasteiger partial charge in [-0.2, -0.15) is 0 Å². The lowest BCUT2D eigenvalue weighted by Gasteiger charge is -2.31. The van der Waals surface area contributed by atoms with E-state index in [1.54, 1.807) is 48.8 Å². The predicted octanol–water partition coefficient (Wildman–Crippen LogP) is 1.71. The molecule has 28 heavy (non-hydrogen) atoms. The number of anilines is 1. The van der Waals surface area contributed by atoms with Crippen LogP contribution in [0, 0.1) is 0 Å². The molecule has 8 heteroatoms. The van der Waals surface area contributed by atoms with Gasteiger partial charge >= 0.3 is 11.9 Å². The number of esters is 2. The van der Waals surface area contributed by atoms with E-state index in [9.17, 15) is 14.4 Å². The van der Waals surface area contributed by atoms with E-state index in [2.05, 4.69) is 4.98 Å². The Kier molecular flexibility index (Phi) is 5.81. The zero-order valence-corrected chi connectivity index (χ0v) is 15.4. The monoisotopic (exact) mass is 382 g/mol. The number of carbonyl (C=O) groups excluding carboxylic acids is 3. The number of aromatic nitrogens is 1. The number of benzene rings is 1. The molecule has 0 radical (unpaired) electrons. The third-order valence-electron chi connectivity index (χ3n) is 4.22. The maximum atomic E-state index is 12.5. The molecule has 144 valence electrons. The molecular weight excluding hydrogens is 364 g/mol. The molecule has 1 aromatic carbocycles. The van der Waals surface area contributed by atoms with Gasteiger partial charge in [0.25, 0.3) is 0 Å². The summed E-state index contributed by atoms with van der Waals surface area (Å²) in [4.78, 5) is 42.3. The van der Waals surface area contributed by atoms with E-state index in [1.807, 2.05) is 0 Å². The minimum absolute atomic E-state index is 0.0442. The third-order valence-corrected chi connectivity index (χ3v) is 4.22. The van der Waals surface area contributed by atoms with Crippen LogP contribution in [0.15, 0.2) is 60.1 Å². The minimum atomic E-state index is -0.680. The number of rotatable bonds is 5. The fraction of sp³-hybridized carbons (Fsp3) is 0.200. The van der Waals surface area contributed by atoms with Crippen LogP contribution in [-0.4, -0.2) is 50.3 Å². The van der Waals surface area contributed by atoms with Crippen LogP contribution in [0.3, 0.4) is 0 Å². The Labute approximate surface area is 161 Å². The van der Waals surface area contributed by atoms with Gasteiger partial charge in [0.15, 0.2) is 5.78 Å². The maximum Gasteiger partial charge on any atom is 0.355 e. The summed E-state index contributed by atoms with van der Waals surface area (Å²) in [6.07, 6.45) is 3.10. The summed E-state index contributed by atoms with van der Waals surface area (Å²) >= 11 is 0. The average Bonchev–Trinajstić information content (AvgIpc) is 2.77. The van der Waals surface area contributed by atoms with E-state index in [1.165, 1.54) is 19.1 Å². The van der Waals surface area contributed by atoms with E-state index in [-0.39, 0.29) is 30.4 Å². The number of carbonyl (C=O) groups is 3. The van der Waals surface area contributed by atoms with Gasteiger partial charge in [-0.15, -0.1) is 0 Å². The van der Waals surface area contributed by atoms with Crippen LogP contribution >= 0.6 is 0 Å². The van der Waals surface area contributed by atoms with Crippen molar-refractivity contribution in [3.05, 3.63) is 71.2 Å². The number of nitrogens with zero attached hydrogens (tertiary/aromatic N) is 2. The van der Waals surface area contributed by atoms with Crippen molar-refractivity contribution in [1.29, 1.82) is 0 Å². The van der Waals surface area contributed by atoms with E-state index in [4.69, 9.17) is 14.2 Å². The summed E-state index contributed by atoms with van der Waals surface area (Å²) in [7, 11) is 2.46. The minimum Gasteiger partial charge on any atom is -0.466 e. The second kappa shape index (κ2) is 8.45. The molecule has 8 nitrogen and oxygen atoms in total. The van der Waals surface area contributed by atoms with E-state index in [0.717, 1.165) is 0 Å². The lowest BCUT2D eigenvalue weighted by Crippen LogP contribution is -2.38. The molecule has 0 N–H and O–H groups in total. The van der Waals surface area contributed by atoms with Crippen molar-refractivity contribution in [3.8, 4) is 0 Å². The van der Waals surface area contributed by atoms with Crippen LogP contribution in [0.5, 0.6) is 0 Å². The largest absolute Gasteiger partial charge is 0.466 e. The van der Waals surface area contributed by atoms with Crippen LogP contribution in [0.1, 0.15) is 15.9 Å². The Morgan fingerprint density at radius 1 is 0.929 bits per heavy atom. The van der Waals surface area contributed by atoms with Crippen molar-refractivity contribution in [2.45, 2.75) is 0 Å². The fourth-order valence-corrected chi connectivity index (χ4v) is 2.81. The van der Waals surface area contributed by atoms with Crippen LogP contribution in [0.4, 0.5) is 5.69 Å². The molecule has 0 saturated heterocycles. The van der Waals surface area contributed by atoms with Gasteiger partial charge in [0.1, 0.15) is 12.4 Å². The van der Waals surface area contributed by atoms with E-state index in [0.29, 0.717) is 16.8 Å². The second-order valence-electron chi connectivity index (χ2n) is 5.83. The van der Waals surface area contributed by atoms with E-state index >= 15 is 0 Å². The summed E-state index contributed by atoms with van der Waals surface area (Å²) in [5.74, 6) is -1.50. The van der Waals surface area contributed by atoms with Gasteiger partial charge in [-0.3, -0.25) is 9.78 Å². The summed E-state index contributed by atoms with van der Waals surface area (Å²) in [6.45, 7) is -0.0191. The number of hydrogen-bond acceptors (Lipinski definition) is 8. The van der Waals surface area contributed by atoms with E-state index < -0.39 is 11.9 Å². The van der Waals surface area contributed by atoms with Crippen molar-refractivity contribution >= 4 is 23.4 Å². The van der Waals surface area contributed by atoms with Gasteiger partial charge in [0, 0.05) is 29.2 Å². The smallest absolute Gasteiger partial charge is 0.355 e. The average molecular weight is 382 g/mol. The number of pyridine rings is 1. The number of ketones is 1. The predicted molar refractivity (Wildman–Crippen MR) is 98.5 cm³/mol. The zero-order valence-electron chi connectivity index (χ0n) is 15.4. The highest BCUT2D eigenvalue weighted by atomic mass is 16.5. The van der Waals surface area contributed by atoms with Crippen molar-refractivity contribution in [2.75, 3.05) is 32.5 Å². The molecule has 3 rings (SSSR count). The molecular formula is C20H18N2O6. The molecule has 2 heterocycles. The Balaban J connectivity index is 1.94. The van der Waals surface area contributed by atoms with Gasteiger partial charge < -0.3 is 19.1 Å². The second-order valence-corrected chi connectivity index (χ2v) is 5.83. The Bertz CT molecular complexity index is 921. The SMILES string of the molecule is COC(=O)C1=C(C(=O)OC)N(c2ccc(C(=O)c3ccncc3)cc2)COC1. The van der Waals surface area contributed by atoms with Gasteiger partial charge in [0.2, 0.25) is 0 Å². The van der Waals surface area contributed by atoms with Gasteiger partial charge in [0.05, 0.1) is 26.4 Å². The summed E-state index contributed by atoms with van der Waals surface area (Å²) < 4.78 is 15.0. The quantitative estimate of drug-likeness (QED) is 0.570. The first-order valence-corrected chi connectivity index (χ1v) is 8.36. The van der Waals surface area contributed by atoms with Gasteiger partial charge in [-0.1, -0.05) is 0 Å². The summed E-state index contributed by atoms with van der Waals surface area (Å²) in [5.41, 5.74) is 1.68. The molecule has 0 amide bonds. The Morgan fingerprint density at radius 2 is 1.54 bits per heavy atom. The third kappa shape index (κ3) is 3.77. The molecule has 0 bridgehead atoms. The van der Waals surface area contributed by atoms with Crippen molar-refractivity contribution < 1.29 is 28.6 Å². The molecule has 0 fully saturated rings. The topological polar surface area (TPSA) is 95.0 Å². The zero-order chi connectivity index (χ0) is 20.1. The molecule has 0 spiro atoms.